The van der Waals surface area contributed by atoms with Crippen LogP contribution >= 0.6 is 0 Å². The van der Waals surface area contributed by atoms with Crippen molar-refractivity contribution in [3.05, 3.63) is 64.1 Å². The molecule has 0 unspecified atom stereocenters. The molecule has 7 heteroatoms. The number of nitrogens with one attached hydrogen (secondary N) is 3. The lowest BCUT2D eigenvalue weighted by Gasteiger charge is -2.26. The van der Waals surface area contributed by atoms with E-state index < -0.39 is 0 Å². The Kier molecular flexibility index (Phi) is 6.06. The summed E-state index contributed by atoms with van der Waals surface area (Å²) in [6.45, 7) is 6.68. The lowest BCUT2D eigenvalue weighted by molar-refractivity contribution is 0.0322. The molecule has 1 fully saturated rings. The number of ether oxygens (including phenoxy) is 2. The topological polar surface area (TPSA) is 82.4 Å². The third kappa shape index (κ3) is 5.01. The fraction of sp³-hybridized carbons (Fsp3) is 0.381. The zero-order valence-corrected chi connectivity index (χ0v) is 15.9. The van der Waals surface area contributed by atoms with Crippen LogP contribution in [0.3, 0.4) is 0 Å². The van der Waals surface area contributed by atoms with E-state index in [-0.39, 0.29) is 5.69 Å². The number of imidazole rings is 1. The summed E-state index contributed by atoms with van der Waals surface area (Å²) >= 11 is 0. The minimum absolute atomic E-state index is 0.175. The molecule has 0 atom stereocenters. The first kappa shape index (κ1) is 18.7. The van der Waals surface area contributed by atoms with Gasteiger partial charge in [-0.05, 0) is 35.4 Å². The number of morpholine rings is 1. The zero-order chi connectivity index (χ0) is 19.2. The molecule has 2 heterocycles. The summed E-state index contributed by atoms with van der Waals surface area (Å²) < 4.78 is 11.3. The van der Waals surface area contributed by atoms with E-state index in [2.05, 4.69) is 32.3 Å². The zero-order valence-electron chi connectivity index (χ0n) is 15.9. The highest BCUT2D eigenvalue weighted by atomic mass is 16.5. The number of hydrogen-bond acceptors (Lipinski definition) is 5. The van der Waals surface area contributed by atoms with Crippen molar-refractivity contribution in [3.63, 3.8) is 0 Å². The van der Waals surface area contributed by atoms with Gasteiger partial charge in [0.2, 0.25) is 0 Å². The number of benzene rings is 2. The van der Waals surface area contributed by atoms with Gasteiger partial charge < -0.3 is 24.8 Å². The Bertz CT molecular complexity index is 959. The summed E-state index contributed by atoms with van der Waals surface area (Å²) in [6, 6.07) is 14.1. The number of nitrogens with zero attached hydrogens (tertiary/aromatic N) is 1. The highest BCUT2D eigenvalue weighted by Crippen LogP contribution is 2.14. The number of aromatic nitrogens is 2. The van der Waals surface area contributed by atoms with E-state index in [1.54, 1.807) is 0 Å². The van der Waals surface area contributed by atoms with Crippen LogP contribution in [0, 0.1) is 0 Å². The van der Waals surface area contributed by atoms with Crippen LogP contribution < -0.4 is 15.7 Å². The molecule has 0 spiro atoms. The van der Waals surface area contributed by atoms with Gasteiger partial charge in [0.1, 0.15) is 12.4 Å². The Balaban J connectivity index is 1.25. The van der Waals surface area contributed by atoms with Crippen LogP contribution in [0.25, 0.3) is 11.0 Å². The fourth-order valence-corrected chi connectivity index (χ4v) is 3.40. The maximum atomic E-state index is 11.3. The van der Waals surface area contributed by atoms with E-state index in [4.69, 9.17) is 9.47 Å². The van der Waals surface area contributed by atoms with Gasteiger partial charge in [0.15, 0.2) is 0 Å². The van der Waals surface area contributed by atoms with E-state index in [0.717, 1.165) is 68.3 Å². The lowest BCUT2D eigenvalue weighted by Crippen LogP contribution is -2.38. The van der Waals surface area contributed by atoms with Crippen molar-refractivity contribution >= 4 is 11.0 Å². The molecule has 1 aliphatic rings. The summed E-state index contributed by atoms with van der Waals surface area (Å²) in [5.41, 5.74) is 3.79. The SMILES string of the molecule is O=c1[nH]c2ccc(CNCc3cccc(OCCN4CCOCC4)c3)cc2[nH]1. The monoisotopic (exact) mass is 382 g/mol. The quantitative estimate of drug-likeness (QED) is 0.554. The number of H-pyrrole nitrogens is 2. The maximum absolute atomic E-state index is 11.3. The number of aromatic amines is 2. The highest BCUT2D eigenvalue weighted by Gasteiger charge is 2.09. The van der Waals surface area contributed by atoms with Crippen LogP contribution in [0.5, 0.6) is 5.75 Å². The molecule has 0 radical (unpaired) electrons. The van der Waals surface area contributed by atoms with Gasteiger partial charge in [-0.25, -0.2) is 4.79 Å². The van der Waals surface area contributed by atoms with E-state index in [9.17, 15) is 4.79 Å². The first-order valence-corrected chi connectivity index (χ1v) is 9.70. The Morgan fingerprint density at radius 2 is 1.79 bits per heavy atom. The molecule has 0 saturated carbocycles. The van der Waals surface area contributed by atoms with E-state index >= 15 is 0 Å². The average Bonchev–Trinajstić information content (AvgIpc) is 3.08. The molecule has 4 rings (SSSR count). The van der Waals surface area contributed by atoms with Crippen molar-refractivity contribution in [2.24, 2.45) is 0 Å². The third-order valence-electron chi connectivity index (χ3n) is 4.92. The van der Waals surface area contributed by atoms with Crippen LogP contribution in [-0.4, -0.2) is 54.3 Å². The Morgan fingerprint density at radius 3 is 2.64 bits per heavy atom. The predicted octanol–water partition coefficient (Wildman–Crippen LogP) is 1.86. The minimum Gasteiger partial charge on any atom is -0.492 e. The van der Waals surface area contributed by atoms with Crippen molar-refractivity contribution in [2.45, 2.75) is 13.1 Å². The van der Waals surface area contributed by atoms with Crippen LogP contribution in [0.4, 0.5) is 0 Å². The van der Waals surface area contributed by atoms with E-state index in [1.807, 2.05) is 30.3 Å². The maximum Gasteiger partial charge on any atom is 0.323 e. The normalized spacial score (nSPS) is 15.1. The number of rotatable bonds is 8. The largest absolute Gasteiger partial charge is 0.492 e. The van der Waals surface area contributed by atoms with Crippen LogP contribution in [0.1, 0.15) is 11.1 Å². The molecule has 1 aliphatic heterocycles. The lowest BCUT2D eigenvalue weighted by atomic mass is 10.2. The first-order valence-electron chi connectivity index (χ1n) is 9.70. The summed E-state index contributed by atoms with van der Waals surface area (Å²) in [5.74, 6) is 0.902. The Hall–Kier alpha value is -2.61. The van der Waals surface area contributed by atoms with Gasteiger partial charge in [0.25, 0.3) is 0 Å². The summed E-state index contributed by atoms with van der Waals surface area (Å²) in [5, 5.41) is 3.44. The van der Waals surface area contributed by atoms with E-state index in [1.165, 1.54) is 5.56 Å². The third-order valence-corrected chi connectivity index (χ3v) is 4.92. The van der Waals surface area contributed by atoms with E-state index in [0.29, 0.717) is 6.61 Å². The second-order valence-electron chi connectivity index (χ2n) is 7.01. The van der Waals surface area contributed by atoms with Crippen molar-refractivity contribution < 1.29 is 9.47 Å². The molecule has 28 heavy (non-hydrogen) atoms. The van der Waals surface area contributed by atoms with Gasteiger partial charge in [-0.3, -0.25) is 4.90 Å². The van der Waals surface area contributed by atoms with Crippen molar-refractivity contribution in [3.8, 4) is 5.75 Å². The fourth-order valence-electron chi connectivity index (χ4n) is 3.40. The molecule has 1 aromatic heterocycles. The molecule has 7 nitrogen and oxygen atoms in total. The molecular weight excluding hydrogens is 356 g/mol. The van der Waals surface area contributed by atoms with Crippen LogP contribution in [0.15, 0.2) is 47.3 Å². The van der Waals surface area contributed by atoms with Crippen molar-refractivity contribution in [1.29, 1.82) is 0 Å². The Morgan fingerprint density at radius 1 is 1.00 bits per heavy atom. The summed E-state index contributed by atoms with van der Waals surface area (Å²) in [4.78, 5) is 19.3. The molecule has 0 aliphatic carbocycles. The Labute approximate surface area is 163 Å². The van der Waals surface area contributed by atoms with Crippen LogP contribution in [-0.2, 0) is 17.8 Å². The van der Waals surface area contributed by atoms with Gasteiger partial charge >= 0.3 is 5.69 Å². The first-order chi connectivity index (χ1) is 13.8. The molecule has 3 N–H and O–H groups in total. The number of hydrogen-bond donors (Lipinski definition) is 3. The van der Waals surface area contributed by atoms with Crippen molar-refractivity contribution in [1.82, 2.24) is 20.2 Å². The second-order valence-corrected chi connectivity index (χ2v) is 7.01. The predicted molar refractivity (Wildman–Crippen MR) is 109 cm³/mol. The standard InChI is InChI=1S/C21H26N4O3/c26-21-23-19-5-4-17(13-20(19)24-21)15-22-14-16-2-1-3-18(12-16)28-11-8-25-6-9-27-10-7-25/h1-5,12-13,22H,6-11,14-15H2,(H2,23,24,26). The highest BCUT2D eigenvalue weighted by molar-refractivity contribution is 5.74. The van der Waals surface area contributed by atoms with Crippen molar-refractivity contribution in [2.75, 3.05) is 39.5 Å². The molecule has 2 aromatic carbocycles. The molecular formula is C21H26N4O3. The molecule has 0 amide bonds. The number of fused-ring (bicyclic) bond motifs is 1. The van der Waals surface area contributed by atoms with Gasteiger partial charge in [-0.1, -0.05) is 18.2 Å². The molecule has 148 valence electrons. The second kappa shape index (κ2) is 9.05. The van der Waals surface area contributed by atoms with Crippen LogP contribution in [0.2, 0.25) is 0 Å². The molecule has 3 aromatic rings. The van der Waals surface area contributed by atoms with Gasteiger partial charge in [-0.15, -0.1) is 0 Å². The minimum atomic E-state index is -0.175. The summed E-state index contributed by atoms with van der Waals surface area (Å²) in [6.07, 6.45) is 0. The summed E-state index contributed by atoms with van der Waals surface area (Å²) in [7, 11) is 0. The average molecular weight is 382 g/mol. The molecule has 1 saturated heterocycles. The van der Waals surface area contributed by atoms with Gasteiger partial charge in [0, 0.05) is 32.7 Å². The smallest absolute Gasteiger partial charge is 0.323 e. The van der Waals surface area contributed by atoms with Gasteiger partial charge in [0.05, 0.1) is 24.2 Å². The molecule has 0 bridgehead atoms. The van der Waals surface area contributed by atoms with Gasteiger partial charge in [-0.2, -0.15) is 0 Å².